The maximum atomic E-state index is 14.0. The van der Waals surface area contributed by atoms with Gasteiger partial charge in [-0.2, -0.15) is 18.3 Å². The number of hydroxylamine groups is 2. The van der Waals surface area contributed by atoms with E-state index in [1.165, 1.54) is 36.7 Å². The number of aromatic nitrogens is 3. The van der Waals surface area contributed by atoms with Crippen molar-refractivity contribution in [2.75, 3.05) is 7.05 Å². The summed E-state index contributed by atoms with van der Waals surface area (Å²) >= 11 is 0. The first-order valence-electron chi connectivity index (χ1n) is 8.56. The topological polar surface area (TPSA) is 131 Å². The van der Waals surface area contributed by atoms with Crippen LogP contribution in [-0.4, -0.2) is 46.4 Å². The van der Waals surface area contributed by atoms with Crippen LogP contribution in [-0.2, 0) is 27.5 Å². The molecular formula is C18H16F3N5O4S. The second-order valence-electron chi connectivity index (χ2n) is 6.45. The first-order chi connectivity index (χ1) is 14.4. The van der Waals surface area contributed by atoms with E-state index in [-0.39, 0.29) is 32.3 Å². The molecule has 1 amide bonds. The Balaban J connectivity index is 2.29. The third-order valence-electron chi connectivity index (χ3n) is 4.29. The molecule has 31 heavy (non-hydrogen) atoms. The van der Waals surface area contributed by atoms with Crippen LogP contribution in [0.1, 0.15) is 5.69 Å². The molecule has 0 radical (unpaired) electrons. The summed E-state index contributed by atoms with van der Waals surface area (Å²) in [4.78, 5) is 15.5. The predicted octanol–water partition coefficient (Wildman–Crippen LogP) is 2.13. The average Bonchev–Trinajstić information content (AvgIpc) is 3.07. The smallest absolute Gasteiger partial charge is 0.286 e. The SMILES string of the molecule is CN(O)C(=O)Cn1nc(-c2ccc(S(N)(=O)=O)cc2)c(-c2ccncc2)c1C(F)(F)F. The van der Waals surface area contributed by atoms with Crippen molar-refractivity contribution in [2.24, 2.45) is 5.14 Å². The largest absolute Gasteiger partial charge is 0.433 e. The van der Waals surface area contributed by atoms with E-state index in [4.69, 9.17) is 5.14 Å². The molecule has 0 saturated heterocycles. The number of hydrogen-bond acceptors (Lipinski definition) is 6. The molecule has 3 rings (SSSR count). The number of rotatable bonds is 5. The highest BCUT2D eigenvalue weighted by atomic mass is 32.2. The number of likely N-dealkylation sites (N-methyl/N-ethyl adjacent to an activating group) is 1. The highest BCUT2D eigenvalue weighted by Gasteiger charge is 2.41. The Labute approximate surface area is 174 Å². The molecule has 0 fully saturated rings. The molecule has 2 aromatic heterocycles. The van der Waals surface area contributed by atoms with Gasteiger partial charge in [0.2, 0.25) is 10.0 Å². The van der Waals surface area contributed by atoms with Crippen molar-refractivity contribution in [1.82, 2.24) is 19.8 Å². The van der Waals surface area contributed by atoms with Gasteiger partial charge < -0.3 is 0 Å². The highest BCUT2D eigenvalue weighted by molar-refractivity contribution is 7.89. The van der Waals surface area contributed by atoms with Crippen LogP contribution >= 0.6 is 0 Å². The monoisotopic (exact) mass is 455 g/mol. The molecule has 2 heterocycles. The van der Waals surface area contributed by atoms with E-state index in [9.17, 15) is 31.6 Å². The van der Waals surface area contributed by atoms with Crippen molar-refractivity contribution in [2.45, 2.75) is 17.6 Å². The Morgan fingerprint density at radius 2 is 1.71 bits per heavy atom. The number of primary sulfonamides is 1. The molecule has 0 aliphatic carbocycles. The van der Waals surface area contributed by atoms with Crippen LogP contribution in [0.15, 0.2) is 53.7 Å². The lowest BCUT2D eigenvalue weighted by Crippen LogP contribution is -2.29. The van der Waals surface area contributed by atoms with Crippen molar-refractivity contribution in [1.29, 1.82) is 0 Å². The Morgan fingerprint density at radius 1 is 1.13 bits per heavy atom. The van der Waals surface area contributed by atoms with Crippen LogP contribution in [0, 0.1) is 0 Å². The van der Waals surface area contributed by atoms with E-state index in [2.05, 4.69) is 10.1 Å². The van der Waals surface area contributed by atoms with E-state index in [0.717, 1.165) is 19.2 Å². The molecule has 3 aromatic rings. The van der Waals surface area contributed by atoms with Gasteiger partial charge in [-0.1, -0.05) is 12.1 Å². The minimum atomic E-state index is -4.90. The number of sulfonamides is 1. The first-order valence-corrected chi connectivity index (χ1v) is 10.1. The molecule has 0 saturated carbocycles. The molecule has 0 spiro atoms. The first kappa shape index (κ1) is 22.4. The highest BCUT2D eigenvalue weighted by Crippen LogP contribution is 2.42. The van der Waals surface area contributed by atoms with Crippen molar-refractivity contribution >= 4 is 15.9 Å². The summed E-state index contributed by atoms with van der Waals surface area (Å²) in [6.07, 6.45) is -2.31. The molecule has 0 aliphatic heterocycles. The zero-order chi connectivity index (χ0) is 23.0. The molecule has 164 valence electrons. The number of carbonyl (C=O) groups excluding carboxylic acids is 1. The van der Waals surface area contributed by atoms with Crippen LogP contribution in [0.25, 0.3) is 22.4 Å². The molecule has 9 nitrogen and oxygen atoms in total. The van der Waals surface area contributed by atoms with Crippen molar-refractivity contribution in [3.05, 3.63) is 54.5 Å². The number of benzene rings is 1. The van der Waals surface area contributed by atoms with Crippen molar-refractivity contribution in [3.8, 4) is 22.4 Å². The second-order valence-corrected chi connectivity index (χ2v) is 8.01. The summed E-state index contributed by atoms with van der Waals surface area (Å²) in [5, 5.41) is 18.5. The van der Waals surface area contributed by atoms with Crippen LogP contribution in [0.2, 0.25) is 0 Å². The second kappa shape index (κ2) is 8.09. The Kier molecular flexibility index (Phi) is 5.85. The number of amides is 1. The minimum absolute atomic E-state index is 0.129. The summed E-state index contributed by atoms with van der Waals surface area (Å²) in [5.74, 6) is -1.02. The molecule has 3 N–H and O–H groups in total. The van der Waals surface area contributed by atoms with Crippen molar-refractivity contribution in [3.63, 3.8) is 0 Å². The van der Waals surface area contributed by atoms with Crippen LogP contribution in [0.4, 0.5) is 13.2 Å². The number of carbonyl (C=O) groups is 1. The molecule has 0 atom stereocenters. The third-order valence-corrected chi connectivity index (χ3v) is 5.22. The molecular weight excluding hydrogens is 439 g/mol. The van der Waals surface area contributed by atoms with Crippen LogP contribution < -0.4 is 5.14 Å². The molecule has 0 aliphatic rings. The van der Waals surface area contributed by atoms with Gasteiger partial charge in [0.1, 0.15) is 12.2 Å². The van der Waals surface area contributed by atoms with E-state index in [0.29, 0.717) is 4.68 Å². The lowest BCUT2D eigenvalue weighted by molar-refractivity contribution is -0.162. The quantitative estimate of drug-likeness (QED) is 0.448. The zero-order valence-corrected chi connectivity index (χ0v) is 16.7. The maximum absolute atomic E-state index is 14.0. The minimum Gasteiger partial charge on any atom is -0.286 e. The van der Waals surface area contributed by atoms with Crippen LogP contribution in [0.3, 0.4) is 0 Å². The summed E-state index contributed by atoms with van der Waals surface area (Å²) in [6.45, 7) is -0.880. The van der Waals surface area contributed by atoms with Gasteiger partial charge in [-0.05, 0) is 29.8 Å². The van der Waals surface area contributed by atoms with E-state index < -0.39 is 34.3 Å². The fraction of sp³-hybridized carbons (Fsp3) is 0.167. The van der Waals surface area contributed by atoms with E-state index >= 15 is 0 Å². The number of alkyl halides is 3. The molecule has 0 bridgehead atoms. The van der Waals surface area contributed by atoms with E-state index in [1.807, 2.05) is 0 Å². The van der Waals surface area contributed by atoms with E-state index in [1.54, 1.807) is 0 Å². The van der Waals surface area contributed by atoms with Gasteiger partial charge in [-0.15, -0.1) is 0 Å². The van der Waals surface area contributed by atoms with Gasteiger partial charge in [0.05, 0.1) is 4.90 Å². The lowest BCUT2D eigenvalue weighted by atomic mass is 9.99. The van der Waals surface area contributed by atoms with Gasteiger partial charge in [0.25, 0.3) is 5.91 Å². The van der Waals surface area contributed by atoms with Gasteiger partial charge in [0, 0.05) is 30.6 Å². The molecule has 0 unspecified atom stereocenters. The normalized spacial score (nSPS) is 12.1. The number of hydrogen-bond donors (Lipinski definition) is 2. The number of pyridine rings is 1. The standard InChI is InChI=1S/C18H16F3N5O4S/c1-25(28)14(27)10-26-17(18(19,20)21)15(11-6-8-23-9-7-11)16(24-26)12-2-4-13(5-3-12)31(22,29)30/h2-9,28H,10H2,1H3,(H2,22,29,30). The number of halogens is 3. The molecule has 13 heteroatoms. The third kappa shape index (κ3) is 4.73. The summed E-state index contributed by atoms with van der Waals surface area (Å²) in [5.41, 5.74) is -1.39. The van der Waals surface area contributed by atoms with Crippen LogP contribution in [0.5, 0.6) is 0 Å². The zero-order valence-electron chi connectivity index (χ0n) is 15.9. The predicted molar refractivity (Wildman–Crippen MR) is 102 cm³/mol. The summed E-state index contributed by atoms with van der Waals surface area (Å²) in [6, 6.07) is 7.49. The van der Waals surface area contributed by atoms with Crippen molar-refractivity contribution < 1.29 is 31.6 Å². The average molecular weight is 455 g/mol. The van der Waals surface area contributed by atoms with Gasteiger partial charge in [-0.3, -0.25) is 15.0 Å². The fourth-order valence-electron chi connectivity index (χ4n) is 2.89. The summed E-state index contributed by atoms with van der Waals surface area (Å²) in [7, 11) is -3.03. The molecule has 1 aromatic carbocycles. The Bertz CT molecular complexity index is 1210. The number of nitrogens with zero attached hydrogens (tertiary/aromatic N) is 4. The fourth-order valence-corrected chi connectivity index (χ4v) is 3.41. The maximum Gasteiger partial charge on any atom is 0.433 e. The Hall–Kier alpha value is -3.29. The van der Waals surface area contributed by atoms with Gasteiger partial charge >= 0.3 is 6.18 Å². The summed E-state index contributed by atoms with van der Waals surface area (Å²) < 4.78 is 65.5. The lowest BCUT2D eigenvalue weighted by Gasteiger charge is -2.14. The Morgan fingerprint density at radius 3 is 2.19 bits per heavy atom. The van der Waals surface area contributed by atoms with Gasteiger partial charge in [0.15, 0.2) is 5.69 Å². The number of nitrogens with two attached hydrogens (primary N) is 1. The van der Waals surface area contributed by atoms with Gasteiger partial charge in [-0.25, -0.2) is 23.3 Å².